The van der Waals surface area contributed by atoms with Crippen molar-refractivity contribution >= 4 is 28.9 Å². The van der Waals surface area contributed by atoms with Crippen molar-refractivity contribution in [3.8, 4) is 0 Å². The van der Waals surface area contributed by atoms with E-state index in [1.54, 1.807) is 7.11 Å². The standard InChI is InChI=1S/C12H17ClN2O3/c1-12(2,18-3)6-15-10-8(11(16)17)4-7(14)5-9(10)13/h4-5,15H,6,14H2,1-3H3,(H,16,17). The number of ether oxygens (including phenoxy) is 1. The van der Waals surface area contributed by atoms with E-state index < -0.39 is 11.6 Å². The van der Waals surface area contributed by atoms with Crippen molar-refractivity contribution in [2.75, 3.05) is 24.7 Å². The summed E-state index contributed by atoms with van der Waals surface area (Å²) in [5.41, 5.74) is 5.86. The number of carbonyl (C=O) groups is 1. The quantitative estimate of drug-likeness (QED) is 0.717. The van der Waals surface area contributed by atoms with Crippen LogP contribution in [0.3, 0.4) is 0 Å². The molecule has 100 valence electrons. The Kier molecular flexibility index (Phi) is 4.43. The first kappa shape index (κ1) is 14.6. The predicted octanol–water partition coefficient (Wildman–Crippen LogP) is 2.46. The first-order chi connectivity index (χ1) is 8.26. The molecule has 0 aliphatic carbocycles. The molecule has 0 heterocycles. The summed E-state index contributed by atoms with van der Waals surface area (Å²) in [6.07, 6.45) is 0. The topological polar surface area (TPSA) is 84.6 Å². The van der Waals surface area contributed by atoms with Crippen LogP contribution in [0.25, 0.3) is 0 Å². The molecule has 0 unspecified atom stereocenters. The number of nitrogens with two attached hydrogens (primary N) is 1. The molecule has 5 nitrogen and oxygen atoms in total. The summed E-state index contributed by atoms with van der Waals surface area (Å²) < 4.78 is 5.25. The Bertz CT molecular complexity index is 461. The zero-order valence-corrected chi connectivity index (χ0v) is 11.3. The first-order valence-corrected chi connectivity index (χ1v) is 5.76. The Morgan fingerprint density at radius 2 is 2.17 bits per heavy atom. The van der Waals surface area contributed by atoms with Crippen molar-refractivity contribution in [1.82, 2.24) is 0 Å². The molecule has 0 spiro atoms. The number of nitrogen functional groups attached to an aromatic ring is 1. The van der Waals surface area contributed by atoms with Gasteiger partial charge in [0.15, 0.2) is 0 Å². The third kappa shape index (κ3) is 3.51. The molecule has 6 heteroatoms. The molecule has 0 aromatic heterocycles. The van der Waals surface area contributed by atoms with E-state index in [0.29, 0.717) is 17.9 Å². The van der Waals surface area contributed by atoms with Gasteiger partial charge in [0.1, 0.15) is 0 Å². The average molecular weight is 273 g/mol. The fraction of sp³-hybridized carbons (Fsp3) is 0.417. The van der Waals surface area contributed by atoms with Gasteiger partial charge in [-0.3, -0.25) is 0 Å². The average Bonchev–Trinajstić information content (AvgIpc) is 2.26. The number of rotatable bonds is 5. The van der Waals surface area contributed by atoms with Crippen LogP contribution in [0.2, 0.25) is 5.02 Å². The highest BCUT2D eigenvalue weighted by Gasteiger charge is 2.20. The number of nitrogens with one attached hydrogen (secondary N) is 1. The lowest BCUT2D eigenvalue weighted by molar-refractivity contribution is 0.0343. The van der Waals surface area contributed by atoms with E-state index in [2.05, 4.69) is 5.32 Å². The number of aromatic carboxylic acids is 1. The number of hydrogen-bond donors (Lipinski definition) is 3. The van der Waals surface area contributed by atoms with E-state index in [1.807, 2.05) is 13.8 Å². The Morgan fingerprint density at radius 1 is 1.56 bits per heavy atom. The smallest absolute Gasteiger partial charge is 0.337 e. The molecule has 1 aromatic rings. The Balaban J connectivity index is 3.04. The number of methoxy groups -OCH3 is 1. The second-order valence-electron chi connectivity index (χ2n) is 4.55. The van der Waals surface area contributed by atoms with Gasteiger partial charge in [-0.2, -0.15) is 0 Å². The maximum Gasteiger partial charge on any atom is 0.337 e. The van der Waals surface area contributed by atoms with Gasteiger partial charge >= 0.3 is 5.97 Å². The Hall–Kier alpha value is -1.46. The van der Waals surface area contributed by atoms with Crippen LogP contribution in [0, 0.1) is 0 Å². The van der Waals surface area contributed by atoms with Gasteiger partial charge in [-0.15, -0.1) is 0 Å². The highest BCUT2D eigenvalue weighted by Crippen LogP contribution is 2.29. The largest absolute Gasteiger partial charge is 0.478 e. The number of halogens is 1. The third-order valence-electron chi connectivity index (χ3n) is 2.59. The molecule has 0 saturated heterocycles. The van der Waals surface area contributed by atoms with Gasteiger partial charge in [0.25, 0.3) is 0 Å². The summed E-state index contributed by atoms with van der Waals surface area (Å²) in [6.45, 7) is 4.19. The molecule has 0 amide bonds. The number of benzene rings is 1. The summed E-state index contributed by atoms with van der Waals surface area (Å²) >= 11 is 6.00. The molecular formula is C12H17ClN2O3. The molecule has 4 N–H and O–H groups in total. The second kappa shape index (κ2) is 5.46. The van der Waals surface area contributed by atoms with E-state index in [-0.39, 0.29) is 10.6 Å². The molecule has 0 atom stereocenters. The molecule has 0 bridgehead atoms. The normalized spacial score (nSPS) is 11.3. The van der Waals surface area contributed by atoms with Crippen LogP contribution < -0.4 is 11.1 Å². The van der Waals surface area contributed by atoms with Crippen molar-refractivity contribution in [3.63, 3.8) is 0 Å². The number of carboxylic acid groups (broad SMARTS) is 1. The molecule has 1 aromatic carbocycles. The van der Waals surface area contributed by atoms with E-state index in [4.69, 9.17) is 27.2 Å². The first-order valence-electron chi connectivity index (χ1n) is 5.38. The molecule has 0 fully saturated rings. The SMILES string of the molecule is COC(C)(C)CNc1c(Cl)cc(N)cc1C(=O)O. The van der Waals surface area contributed by atoms with Crippen molar-refractivity contribution in [3.05, 3.63) is 22.7 Å². The third-order valence-corrected chi connectivity index (χ3v) is 2.88. The fourth-order valence-corrected chi connectivity index (χ4v) is 1.64. The molecule has 18 heavy (non-hydrogen) atoms. The monoisotopic (exact) mass is 272 g/mol. The number of anilines is 2. The summed E-state index contributed by atoms with van der Waals surface area (Å²) in [7, 11) is 1.59. The maximum absolute atomic E-state index is 11.1. The van der Waals surface area contributed by atoms with Crippen LogP contribution in [-0.4, -0.2) is 30.3 Å². The predicted molar refractivity (Wildman–Crippen MR) is 72.4 cm³/mol. The molecule has 0 aliphatic rings. The lowest BCUT2D eigenvalue weighted by Gasteiger charge is -2.24. The lowest BCUT2D eigenvalue weighted by atomic mass is 10.1. The van der Waals surface area contributed by atoms with Crippen molar-refractivity contribution in [2.45, 2.75) is 19.4 Å². The maximum atomic E-state index is 11.1. The summed E-state index contributed by atoms with van der Waals surface area (Å²) in [4.78, 5) is 11.1. The van der Waals surface area contributed by atoms with Gasteiger partial charge in [0, 0.05) is 19.3 Å². The van der Waals surface area contributed by atoms with Crippen LogP contribution in [-0.2, 0) is 4.74 Å². The van der Waals surface area contributed by atoms with Gasteiger partial charge < -0.3 is 20.9 Å². The minimum absolute atomic E-state index is 0.0481. The van der Waals surface area contributed by atoms with Crippen LogP contribution in [0.1, 0.15) is 24.2 Å². The number of hydrogen-bond acceptors (Lipinski definition) is 4. The van der Waals surface area contributed by atoms with Gasteiger partial charge in [-0.1, -0.05) is 11.6 Å². The highest BCUT2D eigenvalue weighted by atomic mass is 35.5. The summed E-state index contributed by atoms with van der Waals surface area (Å²) in [6, 6.07) is 2.88. The zero-order valence-electron chi connectivity index (χ0n) is 10.6. The second-order valence-corrected chi connectivity index (χ2v) is 4.96. The molecule has 0 saturated carbocycles. The van der Waals surface area contributed by atoms with Gasteiger partial charge in [-0.05, 0) is 26.0 Å². The molecular weight excluding hydrogens is 256 g/mol. The van der Waals surface area contributed by atoms with Crippen molar-refractivity contribution in [1.29, 1.82) is 0 Å². The van der Waals surface area contributed by atoms with E-state index >= 15 is 0 Å². The van der Waals surface area contributed by atoms with Crippen molar-refractivity contribution in [2.24, 2.45) is 0 Å². The fourth-order valence-electron chi connectivity index (χ4n) is 1.35. The lowest BCUT2D eigenvalue weighted by Crippen LogP contribution is -2.32. The Labute approximate surface area is 111 Å². The van der Waals surface area contributed by atoms with E-state index in [1.165, 1.54) is 12.1 Å². The van der Waals surface area contributed by atoms with E-state index in [9.17, 15) is 4.79 Å². The van der Waals surface area contributed by atoms with Crippen LogP contribution in [0.4, 0.5) is 11.4 Å². The van der Waals surface area contributed by atoms with E-state index in [0.717, 1.165) is 0 Å². The van der Waals surface area contributed by atoms with Crippen LogP contribution in [0.15, 0.2) is 12.1 Å². The summed E-state index contributed by atoms with van der Waals surface area (Å²) in [5.74, 6) is -1.08. The van der Waals surface area contributed by atoms with Crippen LogP contribution in [0.5, 0.6) is 0 Å². The highest BCUT2D eigenvalue weighted by molar-refractivity contribution is 6.34. The molecule has 1 rings (SSSR count). The van der Waals surface area contributed by atoms with Gasteiger partial charge in [0.05, 0.1) is 21.9 Å². The Morgan fingerprint density at radius 3 is 2.67 bits per heavy atom. The van der Waals surface area contributed by atoms with Crippen LogP contribution >= 0.6 is 11.6 Å². The minimum atomic E-state index is -1.08. The van der Waals surface area contributed by atoms with Gasteiger partial charge in [0.2, 0.25) is 0 Å². The van der Waals surface area contributed by atoms with Crippen molar-refractivity contribution < 1.29 is 14.6 Å². The van der Waals surface area contributed by atoms with Gasteiger partial charge in [-0.25, -0.2) is 4.79 Å². The number of carboxylic acids is 1. The molecule has 0 aliphatic heterocycles. The zero-order chi connectivity index (χ0) is 13.9. The summed E-state index contributed by atoms with van der Waals surface area (Å²) in [5, 5.41) is 12.4. The molecule has 0 radical (unpaired) electrons. The minimum Gasteiger partial charge on any atom is -0.478 e.